The molecule has 26 heavy (non-hydrogen) atoms. The molecule has 1 rings (SSSR count). The van der Waals surface area contributed by atoms with Crippen LogP contribution < -0.4 is 10.6 Å². The monoisotopic (exact) mass is 376 g/mol. The number of hydrogen-bond donors (Lipinski definition) is 3. The minimum Gasteiger partial charge on any atom is -0.453 e. The molecular weight excluding hydrogens is 353 g/mol. The van der Waals surface area contributed by atoms with Crippen LogP contribution in [0.1, 0.15) is 37.5 Å². The Kier molecular flexibility index (Phi) is 7.88. The highest BCUT2D eigenvalue weighted by molar-refractivity contribution is 5.85. The average molecular weight is 376 g/mol. The SMILES string of the molecule is COC(=O)NC(CC(C)C)C(=O)NCC(O)c1cccc(C(F)(F)F)c1. The van der Waals surface area contributed by atoms with E-state index in [9.17, 15) is 27.9 Å². The van der Waals surface area contributed by atoms with Gasteiger partial charge in [0.1, 0.15) is 6.04 Å². The Bertz CT molecular complexity index is 620. The van der Waals surface area contributed by atoms with Crippen molar-refractivity contribution in [1.29, 1.82) is 0 Å². The fourth-order valence-corrected chi connectivity index (χ4v) is 2.26. The third-order valence-corrected chi connectivity index (χ3v) is 3.57. The second-order valence-corrected chi connectivity index (χ2v) is 6.20. The number of nitrogens with one attached hydrogen (secondary N) is 2. The van der Waals surface area contributed by atoms with Crippen molar-refractivity contribution < 1.29 is 32.6 Å². The highest BCUT2D eigenvalue weighted by atomic mass is 19.4. The number of benzene rings is 1. The molecule has 3 N–H and O–H groups in total. The fraction of sp³-hybridized carbons (Fsp3) is 0.529. The Morgan fingerprint density at radius 3 is 2.46 bits per heavy atom. The van der Waals surface area contributed by atoms with Gasteiger partial charge in [-0.1, -0.05) is 26.0 Å². The highest BCUT2D eigenvalue weighted by Gasteiger charge is 2.31. The Morgan fingerprint density at radius 1 is 1.27 bits per heavy atom. The smallest absolute Gasteiger partial charge is 0.416 e. The first kappa shape index (κ1) is 21.8. The molecule has 0 aliphatic heterocycles. The predicted octanol–water partition coefficient (Wildman–Crippen LogP) is 2.63. The zero-order chi connectivity index (χ0) is 19.9. The molecule has 0 spiro atoms. The number of methoxy groups -OCH3 is 1. The van der Waals surface area contributed by atoms with E-state index in [1.54, 1.807) is 0 Å². The van der Waals surface area contributed by atoms with Crippen LogP contribution in [0, 0.1) is 5.92 Å². The number of alkyl halides is 3. The van der Waals surface area contributed by atoms with Crippen molar-refractivity contribution in [3.63, 3.8) is 0 Å². The van der Waals surface area contributed by atoms with E-state index < -0.39 is 35.9 Å². The maximum absolute atomic E-state index is 12.7. The summed E-state index contributed by atoms with van der Waals surface area (Å²) in [6.45, 7) is 3.42. The van der Waals surface area contributed by atoms with Crippen molar-refractivity contribution in [2.45, 2.75) is 38.6 Å². The molecule has 2 unspecified atom stereocenters. The molecule has 6 nitrogen and oxygen atoms in total. The first-order chi connectivity index (χ1) is 12.0. The summed E-state index contributed by atoms with van der Waals surface area (Å²) < 4.78 is 42.6. The number of ether oxygens (including phenoxy) is 1. The lowest BCUT2D eigenvalue weighted by molar-refractivity contribution is -0.137. The third-order valence-electron chi connectivity index (χ3n) is 3.57. The van der Waals surface area contributed by atoms with E-state index in [2.05, 4.69) is 15.4 Å². The van der Waals surface area contributed by atoms with Gasteiger partial charge in [0.25, 0.3) is 0 Å². The van der Waals surface area contributed by atoms with Crippen LogP contribution in [0.15, 0.2) is 24.3 Å². The van der Waals surface area contributed by atoms with Gasteiger partial charge in [-0.05, 0) is 30.0 Å². The van der Waals surface area contributed by atoms with E-state index in [4.69, 9.17) is 0 Å². The van der Waals surface area contributed by atoms with Crippen LogP contribution in [0.25, 0.3) is 0 Å². The van der Waals surface area contributed by atoms with Crippen molar-refractivity contribution >= 4 is 12.0 Å². The number of rotatable bonds is 7. The van der Waals surface area contributed by atoms with Gasteiger partial charge in [0, 0.05) is 6.54 Å². The average Bonchev–Trinajstić information content (AvgIpc) is 2.57. The van der Waals surface area contributed by atoms with E-state index in [1.807, 2.05) is 13.8 Å². The molecule has 1 aromatic rings. The maximum atomic E-state index is 12.7. The van der Waals surface area contributed by atoms with Crippen LogP contribution in [0.5, 0.6) is 0 Å². The van der Waals surface area contributed by atoms with Crippen LogP contribution >= 0.6 is 0 Å². The molecule has 0 radical (unpaired) electrons. The Balaban J connectivity index is 2.73. The minimum atomic E-state index is -4.52. The standard InChI is InChI=1S/C17H23F3N2O4/c1-10(2)7-13(22-16(25)26-3)15(24)21-9-14(23)11-5-4-6-12(8-11)17(18,19)20/h4-6,8,10,13-14,23H,7,9H2,1-3H3,(H,21,24)(H,22,25). The number of aliphatic hydroxyl groups is 1. The number of hydrogen-bond acceptors (Lipinski definition) is 4. The molecule has 0 aromatic heterocycles. The summed E-state index contributed by atoms with van der Waals surface area (Å²) in [6, 6.07) is 3.37. The zero-order valence-corrected chi connectivity index (χ0v) is 14.8. The zero-order valence-electron chi connectivity index (χ0n) is 14.8. The van der Waals surface area contributed by atoms with E-state index in [1.165, 1.54) is 12.1 Å². The lowest BCUT2D eigenvalue weighted by Gasteiger charge is -2.21. The number of amides is 2. The molecule has 0 aliphatic carbocycles. The van der Waals surface area contributed by atoms with Gasteiger partial charge < -0.3 is 20.5 Å². The minimum absolute atomic E-state index is 0.0291. The van der Waals surface area contributed by atoms with Crippen molar-refractivity contribution in [3.8, 4) is 0 Å². The Labute approximate surface area is 149 Å². The van der Waals surface area contributed by atoms with Gasteiger partial charge in [-0.25, -0.2) is 4.79 Å². The van der Waals surface area contributed by atoms with E-state index >= 15 is 0 Å². The normalized spacial score (nSPS) is 13.8. The first-order valence-electron chi connectivity index (χ1n) is 8.02. The van der Waals surface area contributed by atoms with Gasteiger partial charge in [-0.2, -0.15) is 13.2 Å². The van der Waals surface area contributed by atoms with Gasteiger partial charge in [0.2, 0.25) is 5.91 Å². The summed E-state index contributed by atoms with van der Waals surface area (Å²) >= 11 is 0. The second-order valence-electron chi connectivity index (χ2n) is 6.20. The fourth-order valence-electron chi connectivity index (χ4n) is 2.26. The number of carbonyl (C=O) groups is 2. The van der Waals surface area contributed by atoms with Gasteiger partial charge >= 0.3 is 12.3 Å². The first-order valence-corrected chi connectivity index (χ1v) is 8.02. The van der Waals surface area contributed by atoms with Gasteiger partial charge in [-0.3, -0.25) is 4.79 Å². The number of alkyl carbamates (subject to hydrolysis) is 1. The quantitative estimate of drug-likeness (QED) is 0.683. The molecule has 0 bridgehead atoms. The predicted molar refractivity (Wildman–Crippen MR) is 88.2 cm³/mol. The molecule has 0 heterocycles. The lowest BCUT2D eigenvalue weighted by atomic mass is 10.0. The molecule has 2 amide bonds. The molecule has 0 saturated heterocycles. The van der Waals surface area contributed by atoms with E-state index in [-0.39, 0.29) is 18.0 Å². The summed E-state index contributed by atoms with van der Waals surface area (Å²) in [5.74, 6) is -0.466. The van der Waals surface area contributed by atoms with Gasteiger partial charge in [0.05, 0.1) is 18.8 Å². The van der Waals surface area contributed by atoms with E-state index in [0.29, 0.717) is 6.42 Å². The summed E-state index contributed by atoms with van der Waals surface area (Å²) in [4.78, 5) is 23.5. The van der Waals surface area contributed by atoms with Crippen molar-refractivity contribution in [3.05, 3.63) is 35.4 Å². The lowest BCUT2D eigenvalue weighted by Crippen LogP contribution is -2.48. The van der Waals surface area contributed by atoms with Crippen LogP contribution in [0.3, 0.4) is 0 Å². The Hall–Kier alpha value is -2.29. The molecule has 9 heteroatoms. The number of halogens is 3. The molecule has 2 atom stereocenters. The van der Waals surface area contributed by atoms with Gasteiger partial charge in [0.15, 0.2) is 0 Å². The van der Waals surface area contributed by atoms with Crippen LogP contribution in [0.2, 0.25) is 0 Å². The van der Waals surface area contributed by atoms with Crippen LogP contribution in [-0.4, -0.2) is 36.8 Å². The van der Waals surface area contributed by atoms with Gasteiger partial charge in [-0.15, -0.1) is 0 Å². The molecular formula is C17H23F3N2O4. The van der Waals surface area contributed by atoms with Crippen LogP contribution in [-0.2, 0) is 15.7 Å². The number of aliphatic hydroxyl groups excluding tert-OH is 1. The second kappa shape index (κ2) is 9.42. The summed E-state index contributed by atoms with van der Waals surface area (Å²) in [6.07, 6.45) is -6.28. The molecule has 0 fully saturated rings. The topological polar surface area (TPSA) is 87.7 Å². The summed E-state index contributed by atoms with van der Waals surface area (Å²) in [5.41, 5.74) is -0.855. The maximum Gasteiger partial charge on any atom is 0.416 e. The Morgan fingerprint density at radius 2 is 1.92 bits per heavy atom. The van der Waals surface area contributed by atoms with Crippen molar-refractivity contribution in [1.82, 2.24) is 10.6 Å². The summed E-state index contributed by atoms with van der Waals surface area (Å²) in [5, 5.41) is 14.9. The molecule has 0 saturated carbocycles. The highest BCUT2D eigenvalue weighted by Crippen LogP contribution is 2.30. The third kappa shape index (κ3) is 6.91. The van der Waals surface area contributed by atoms with Crippen molar-refractivity contribution in [2.75, 3.05) is 13.7 Å². The summed E-state index contributed by atoms with van der Waals surface area (Å²) in [7, 11) is 1.16. The molecule has 0 aliphatic rings. The van der Waals surface area contributed by atoms with Crippen LogP contribution in [0.4, 0.5) is 18.0 Å². The largest absolute Gasteiger partial charge is 0.453 e. The molecule has 146 valence electrons. The van der Waals surface area contributed by atoms with Crippen molar-refractivity contribution in [2.24, 2.45) is 5.92 Å². The number of carbonyl (C=O) groups excluding carboxylic acids is 2. The molecule has 1 aromatic carbocycles. The van der Waals surface area contributed by atoms with E-state index in [0.717, 1.165) is 19.2 Å².